The van der Waals surface area contributed by atoms with Crippen molar-refractivity contribution in [3.8, 4) is 0 Å². The molecule has 0 aromatic rings. The highest BCUT2D eigenvalue weighted by Crippen LogP contribution is 2.05. The van der Waals surface area contributed by atoms with Crippen molar-refractivity contribution in [2.24, 2.45) is 0 Å². The zero-order valence-corrected chi connectivity index (χ0v) is 10.0. The number of hydrogen-bond acceptors (Lipinski definition) is 3. The number of rotatable bonds is 10. The van der Waals surface area contributed by atoms with Gasteiger partial charge < -0.3 is 15.2 Å². The number of ether oxygens (including phenoxy) is 1. The highest BCUT2D eigenvalue weighted by atomic mass is 16.5. The fraction of sp³-hybridized carbons (Fsp3) is 0.833. The molecule has 0 fully saturated rings. The van der Waals surface area contributed by atoms with Crippen LogP contribution in [0.2, 0.25) is 0 Å². The van der Waals surface area contributed by atoms with E-state index in [0.29, 0.717) is 12.6 Å². The van der Waals surface area contributed by atoms with Gasteiger partial charge in [-0.05, 0) is 25.7 Å². The fourth-order valence-corrected chi connectivity index (χ4v) is 1.63. The summed E-state index contributed by atoms with van der Waals surface area (Å²) in [5, 5.41) is 12.4. The molecule has 0 aliphatic carbocycles. The third-order valence-electron chi connectivity index (χ3n) is 2.53. The van der Waals surface area contributed by atoms with Gasteiger partial charge in [0.2, 0.25) is 0 Å². The van der Waals surface area contributed by atoms with Gasteiger partial charge >= 0.3 is 0 Å². The molecule has 0 aliphatic heterocycles. The maximum atomic E-state index is 8.91. The molecular formula is C12H25NO2. The van der Waals surface area contributed by atoms with Crippen LogP contribution in [0.5, 0.6) is 0 Å². The minimum atomic E-state index is 0.207. The highest BCUT2D eigenvalue weighted by molar-refractivity contribution is 4.77. The van der Waals surface area contributed by atoms with E-state index in [1.807, 2.05) is 6.08 Å². The van der Waals surface area contributed by atoms with E-state index in [1.165, 1.54) is 0 Å². The number of aliphatic hydroxyl groups excluding tert-OH is 1. The molecule has 0 aromatic heterocycles. The molecule has 0 radical (unpaired) electrons. The van der Waals surface area contributed by atoms with Gasteiger partial charge in [-0.25, -0.2) is 0 Å². The first-order valence-corrected chi connectivity index (χ1v) is 5.75. The summed E-state index contributed by atoms with van der Waals surface area (Å²) in [5.41, 5.74) is 0. The maximum absolute atomic E-state index is 8.91. The van der Waals surface area contributed by atoms with Crippen molar-refractivity contribution in [3.05, 3.63) is 12.7 Å². The van der Waals surface area contributed by atoms with Crippen LogP contribution in [0.15, 0.2) is 12.7 Å². The van der Waals surface area contributed by atoms with Crippen LogP contribution in [0.25, 0.3) is 0 Å². The largest absolute Gasteiger partial charge is 0.396 e. The molecule has 0 aliphatic rings. The summed E-state index contributed by atoms with van der Waals surface area (Å²) in [5.74, 6) is 0. The molecule has 0 amide bonds. The maximum Gasteiger partial charge on any atom is 0.0616 e. The van der Waals surface area contributed by atoms with Gasteiger partial charge in [0.1, 0.15) is 0 Å². The predicted molar refractivity (Wildman–Crippen MR) is 64.0 cm³/mol. The third-order valence-corrected chi connectivity index (χ3v) is 2.53. The Balaban J connectivity index is 3.90. The average molecular weight is 215 g/mol. The number of aliphatic hydroxyl groups is 1. The van der Waals surface area contributed by atoms with Gasteiger partial charge in [0.05, 0.1) is 6.61 Å². The van der Waals surface area contributed by atoms with Crippen molar-refractivity contribution in [1.29, 1.82) is 0 Å². The molecule has 0 rings (SSSR count). The smallest absolute Gasteiger partial charge is 0.0616 e. The Labute approximate surface area is 93.5 Å². The van der Waals surface area contributed by atoms with Gasteiger partial charge in [-0.1, -0.05) is 13.0 Å². The first-order valence-electron chi connectivity index (χ1n) is 5.75. The summed E-state index contributed by atoms with van der Waals surface area (Å²) >= 11 is 0. The first kappa shape index (κ1) is 14.6. The molecular weight excluding hydrogens is 190 g/mol. The van der Waals surface area contributed by atoms with Crippen LogP contribution in [0.3, 0.4) is 0 Å². The van der Waals surface area contributed by atoms with Gasteiger partial charge in [0.15, 0.2) is 0 Å². The molecule has 0 saturated carbocycles. The van der Waals surface area contributed by atoms with Crippen molar-refractivity contribution >= 4 is 0 Å². The van der Waals surface area contributed by atoms with Crippen molar-refractivity contribution in [3.63, 3.8) is 0 Å². The molecule has 0 heterocycles. The molecule has 0 bridgehead atoms. The summed E-state index contributed by atoms with van der Waals surface area (Å²) in [6, 6.07) is 0.754. The molecule has 0 saturated heterocycles. The molecule has 0 spiro atoms. The fourth-order valence-electron chi connectivity index (χ4n) is 1.63. The Morgan fingerprint density at radius 1 is 1.40 bits per heavy atom. The highest BCUT2D eigenvalue weighted by Gasteiger charge is 2.12. The monoisotopic (exact) mass is 215 g/mol. The van der Waals surface area contributed by atoms with Gasteiger partial charge in [0, 0.05) is 25.8 Å². The van der Waals surface area contributed by atoms with Crippen LogP contribution in [-0.2, 0) is 4.74 Å². The summed E-state index contributed by atoms with van der Waals surface area (Å²) < 4.78 is 5.11. The van der Waals surface area contributed by atoms with E-state index in [-0.39, 0.29) is 12.6 Å². The SMILES string of the molecule is C=CCCC(CC)NC(CCO)COC. The van der Waals surface area contributed by atoms with Crippen molar-refractivity contribution in [2.75, 3.05) is 20.3 Å². The Kier molecular flexibility index (Phi) is 9.89. The standard InChI is InChI=1S/C12H25NO2/c1-4-6-7-11(5-2)13-12(8-9-14)10-15-3/h4,11-14H,1,5-10H2,2-3H3. The van der Waals surface area contributed by atoms with Crippen molar-refractivity contribution in [2.45, 2.75) is 44.7 Å². The second-order valence-corrected chi connectivity index (χ2v) is 3.80. The molecule has 2 N–H and O–H groups in total. The zero-order chi connectivity index (χ0) is 11.5. The third kappa shape index (κ3) is 7.54. The van der Waals surface area contributed by atoms with E-state index in [2.05, 4.69) is 18.8 Å². The molecule has 2 atom stereocenters. The molecule has 3 heteroatoms. The van der Waals surface area contributed by atoms with Crippen LogP contribution in [0.4, 0.5) is 0 Å². The van der Waals surface area contributed by atoms with Crippen LogP contribution >= 0.6 is 0 Å². The minimum Gasteiger partial charge on any atom is -0.396 e. The zero-order valence-electron chi connectivity index (χ0n) is 10.0. The summed E-state index contributed by atoms with van der Waals surface area (Å²) in [6.07, 6.45) is 5.93. The molecule has 90 valence electrons. The van der Waals surface area contributed by atoms with Gasteiger partial charge in [-0.15, -0.1) is 6.58 Å². The van der Waals surface area contributed by atoms with Gasteiger partial charge in [0.25, 0.3) is 0 Å². The summed E-state index contributed by atoms with van der Waals surface area (Å²) in [7, 11) is 1.69. The van der Waals surface area contributed by atoms with Gasteiger partial charge in [-0.2, -0.15) is 0 Å². The Morgan fingerprint density at radius 3 is 2.60 bits per heavy atom. The van der Waals surface area contributed by atoms with E-state index >= 15 is 0 Å². The topological polar surface area (TPSA) is 41.5 Å². The van der Waals surface area contributed by atoms with E-state index in [0.717, 1.165) is 25.7 Å². The quantitative estimate of drug-likeness (QED) is 0.545. The van der Waals surface area contributed by atoms with Crippen LogP contribution in [0, 0.1) is 0 Å². The first-order chi connectivity index (χ1) is 7.28. The molecule has 3 nitrogen and oxygen atoms in total. The number of allylic oxidation sites excluding steroid dienone is 1. The number of methoxy groups -OCH3 is 1. The lowest BCUT2D eigenvalue weighted by atomic mass is 10.1. The molecule has 0 aromatic carbocycles. The predicted octanol–water partition coefficient (Wildman–Crippen LogP) is 1.72. The lowest BCUT2D eigenvalue weighted by molar-refractivity contribution is 0.141. The Hall–Kier alpha value is -0.380. The Bertz CT molecular complexity index is 145. The second-order valence-electron chi connectivity index (χ2n) is 3.80. The average Bonchev–Trinajstić information content (AvgIpc) is 2.24. The van der Waals surface area contributed by atoms with Gasteiger partial charge in [-0.3, -0.25) is 0 Å². The van der Waals surface area contributed by atoms with Crippen LogP contribution in [-0.4, -0.2) is 37.5 Å². The Morgan fingerprint density at radius 2 is 2.13 bits per heavy atom. The normalized spacial score (nSPS) is 14.9. The lowest BCUT2D eigenvalue weighted by Crippen LogP contribution is -2.41. The van der Waals surface area contributed by atoms with E-state index in [4.69, 9.17) is 9.84 Å². The lowest BCUT2D eigenvalue weighted by Gasteiger charge is -2.23. The number of nitrogens with one attached hydrogen (secondary N) is 1. The molecule has 2 unspecified atom stereocenters. The van der Waals surface area contributed by atoms with Crippen molar-refractivity contribution < 1.29 is 9.84 Å². The second kappa shape index (κ2) is 10.1. The number of hydrogen-bond donors (Lipinski definition) is 2. The van der Waals surface area contributed by atoms with E-state index < -0.39 is 0 Å². The van der Waals surface area contributed by atoms with Crippen molar-refractivity contribution in [1.82, 2.24) is 5.32 Å². The van der Waals surface area contributed by atoms with Crippen LogP contribution < -0.4 is 5.32 Å². The van der Waals surface area contributed by atoms with E-state index in [1.54, 1.807) is 7.11 Å². The molecule has 15 heavy (non-hydrogen) atoms. The summed E-state index contributed by atoms with van der Waals surface area (Å²) in [6.45, 7) is 6.76. The minimum absolute atomic E-state index is 0.207. The van der Waals surface area contributed by atoms with Crippen LogP contribution in [0.1, 0.15) is 32.6 Å². The summed E-state index contributed by atoms with van der Waals surface area (Å²) in [4.78, 5) is 0. The van der Waals surface area contributed by atoms with E-state index in [9.17, 15) is 0 Å².